The molecule has 0 unspecified atom stereocenters. The van der Waals surface area contributed by atoms with Crippen molar-refractivity contribution >= 4 is 39.1 Å². The predicted molar refractivity (Wildman–Crippen MR) is 165 cm³/mol. The van der Waals surface area contributed by atoms with Crippen LogP contribution in [-0.2, 0) is 26.2 Å². The van der Waals surface area contributed by atoms with Crippen LogP contribution in [0.15, 0.2) is 71.6 Å². The van der Waals surface area contributed by atoms with E-state index in [4.69, 9.17) is 21.1 Å². The smallest absolute Gasteiger partial charge is 0.264 e. The second-order valence-corrected chi connectivity index (χ2v) is 12.3. The Morgan fingerprint density at radius 3 is 2.17 bits per heavy atom. The standard InChI is InChI=1S/C31H38ClN3O6S/c1-7-22(3)33-31(37)23(4)34(19-24-10-13-26(40-5)14-11-24)30(36)20-35(28-18-25(32)12-17-29(28)41-6)42(38,39)27-15-8-21(2)9-16-27/h8-18,22-23H,7,19-20H2,1-6H3,(H,33,37)/t22-,23-/m0/s1. The number of hydrogen-bond donors (Lipinski definition) is 1. The van der Waals surface area contributed by atoms with Crippen molar-refractivity contribution in [2.24, 2.45) is 0 Å². The van der Waals surface area contributed by atoms with Crippen LogP contribution in [-0.4, -0.2) is 58.0 Å². The number of aryl methyl sites for hydroxylation is 1. The molecule has 0 aliphatic heterocycles. The first kappa shape index (κ1) is 32.8. The number of hydrogen-bond acceptors (Lipinski definition) is 6. The highest BCUT2D eigenvalue weighted by molar-refractivity contribution is 7.92. The summed E-state index contributed by atoms with van der Waals surface area (Å²) in [6.45, 7) is 6.75. The predicted octanol–water partition coefficient (Wildman–Crippen LogP) is 5.19. The summed E-state index contributed by atoms with van der Waals surface area (Å²) in [5.41, 5.74) is 1.71. The van der Waals surface area contributed by atoms with E-state index >= 15 is 0 Å². The largest absolute Gasteiger partial charge is 0.497 e. The molecule has 0 radical (unpaired) electrons. The van der Waals surface area contributed by atoms with Crippen LogP contribution in [0.5, 0.6) is 11.5 Å². The third kappa shape index (κ3) is 7.95. The van der Waals surface area contributed by atoms with Gasteiger partial charge in [0.05, 0.1) is 24.8 Å². The minimum atomic E-state index is -4.27. The molecule has 2 atom stereocenters. The lowest BCUT2D eigenvalue weighted by Crippen LogP contribution is -2.52. The average molecular weight is 616 g/mol. The van der Waals surface area contributed by atoms with E-state index < -0.39 is 28.5 Å². The maximum atomic E-state index is 14.1. The molecule has 0 aliphatic rings. The fraction of sp³-hybridized carbons (Fsp3) is 0.355. The molecule has 0 bridgehead atoms. The Bertz CT molecular complexity index is 1480. The summed E-state index contributed by atoms with van der Waals surface area (Å²) in [4.78, 5) is 28.7. The minimum absolute atomic E-state index is 0.00723. The number of benzene rings is 3. The Hall–Kier alpha value is -3.76. The lowest BCUT2D eigenvalue weighted by atomic mass is 10.1. The first-order valence-corrected chi connectivity index (χ1v) is 15.4. The van der Waals surface area contributed by atoms with Crippen molar-refractivity contribution in [2.45, 2.75) is 57.6 Å². The molecular weight excluding hydrogens is 578 g/mol. The van der Waals surface area contributed by atoms with Gasteiger partial charge in [0.2, 0.25) is 11.8 Å². The monoisotopic (exact) mass is 615 g/mol. The van der Waals surface area contributed by atoms with E-state index in [9.17, 15) is 18.0 Å². The second-order valence-electron chi connectivity index (χ2n) is 10.0. The van der Waals surface area contributed by atoms with Crippen molar-refractivity contribution in [3.8, 4) is 11.5 Å². The Morgan fingerprint density at radius 2 is 1.60 bits per heavy atom. The summed E-state index contributed by atoms with van der Waals surface area (Å²) in [5.74, 6) is -0.0791. The van der Waals surface area contributed by atoms with Crippen LogP contribution < -0.4 is 19.1 Å². The molecular formula is C31H38ClN3O6S. The Morgan fingerprint density at radius 1 is 0.952 bits per heavy atom. The number of rotatable bonds is 13. The number of anilines is 1. The Kier molecular flexibility index (Phi) is 11.2. The van der Waals surface area contributed by atoms with Gasteiger partial charge in [0, 0.05) is 17.6 Å². The van der Waals surface area contributed by atoms with Gasteiger partial charge in [0.25, 0.3) is 10.0 Å². The maximum Gasteiger partial charge on any atom is 0.264 e. The third-order valence-electron chi connectivity index (χ3n) is 6.98. The molecule has 0 spiro atoms. The van der Waals surface area contributed by atoms with E-state index in [1.165, 1.54) is 36.3 Å². The number of halogens is 1. The molecule has 0 fully saturated rings. The molecule has 0 saturated carbocycles. The lowest BCUT2D eigenvalue weighted by Gasteiger charge is -2.33. The quantitative estimate of drug-likeness (QED) is 0.284. The minimum Gasteiger partial charge on any atom is -0.497 e. The fourth-order valence-electron chi connectivity index (χ4n) is 4.18. The van der Waals surface area contributed by atoms with Gasteiger partial charge in [-0.15, -0.1) is 0 Å². The first-order valence-electron chi connectivity index (χ1n) is 13.6. The molecule has 1 N–H and O–H groups in total. The molecule has 0 aliphatic carbocycles. The van der Waals surface area contributed by atoms with Crippen LogP contribution in [0.25, 0.3) is 0 Å². The number of ether oxygens (including phenoxy) is 2. The van der Waals surface area contributed by atoms with E-state index in [-0.39, 0.29) is 39.8 Å². The Labute approximate surface area is 253 Å². The molecule has 11 heteroatoms. The van der Waals surface area contributed by atoms with E-state index in [0.717, 1.165) is 15.4 Å². The topological polar surface area (TPSA) is 105 Å². The highest BCUT2D eigenvalue weighted by Gasteiger charge is 2.34. The van der Waals surface area contributed by atoms with Crippen LogP contribution in [0.3, 0.4) is 0 Å². The lowest BCUT2D eigenvalue weighted by molar-refractivity contribution is -0.139. The number of carbonyl (C=O) groups excluding carboxylic acids is 2. The van der Waals surface area contributed by atoms with Crippen molar-refractivity contribution in [1.29, 1.82) is 0 Å². The molecule has 226 valence electrons. The molecule has 0 heterocycles. The highest BCUT2D eigenvalue weighted by Crippen LogP contribution is 2.35. The van der Waals surface area contributed by atoms with Crippen LogP contribution in [0.2, 0.25) is 5.02 Å². The highest BCUT2D eigenvalue weighted by atomic mass is 35.5. The number of carbonyl (C=O) groups is 2. The van der Waals surface area contributed by atoms with Crippen LogP contribution in [0.1, 0.15) is 38.3 Å². The zero-order chi connectivity index (χ0) is 31.0. The van der Waals surface area contributed by atoms with Crippen LogP contribution >= 0.6 is 11.6 Å². The van der Waals surface area contributed by atoms with E-state index in [0.29, 0.717) is 12.2 Å². The number of methoxy groups -OCH3 is 2. The molecule has 3 aromatic carbocycles. The third-order valence-corrected chi connectivity index (χ3v) is 8.99. The zero-order valence-electron chi connectivity index (χ0n) is 24.8. The summed E-state index contributed by atoms with van der Waals surface area (Å²) in [5, 5.41) is 3.18. The second kappa shape index (κ2) is 14.4. The summed E-state index contributed by atoms with van der Waals surface area (Å²) in [6.07, 6.45) is 0.710. The van der Waals surface area contributed by atoms with Gasteiger partial charge in [-0.2, -0.15) is 0 Å². The van der Waals surface area contributed by atoms with Gasteiger partial charge < -0.3 is 19.7 Å². The molecule has 9 nitrogen and oxygen atoms in total. The van der Waals surface area contributed by atoms with Gasteiger partial charge >= 0.3 is 0 Å². The molecule has 3 aromatic rings. The first-order chi connectivity index (χ1) is 19.9. The molecule has 0 saturated heterocycles. The SMILES string of the molecule is CC[C@H](C)NC(=O)[C@H](C)N(Cc1ccc(OC)cc1)C(=O)CN(c1cc(Cl)ccc1OC)S(=O)(=O)c1ccc(C)cc1. The van der Waals surface area contributed by atoms with E-state index in [1.54, 1.807) is 56.5 Å². The van der Waals surface area contributed by atoms with E-state index in [2.05, 4.69) is 5.32 Å². The molecule has 42 heavy (non-hydrogen) atoms. The fourth-order valence-corrected chi connectivity index (χ4v) is 5.77. The van der Waals surface area contributed by atoms with Crippen LogP contribution in [0.4, 0.5) is 5.69 Å². The van der Waals surface area contributed by atoms with Crippen molar-refractivity contribution in [3.05, 3.63) is 82.9 Å². The number of nitrogens with one attached hydrogen (secondary N) is 1. The number of sulfonamides is 1. The average Bonchev–Trinajstić information content (AvgIpc) is 2.98. The number of amides is 2. The molecule has 2 amide bonds. The van der Waals surface area contributed by atoms with Crippen LogP contribution in [0, 0.1) is 6.92 Å². The summed E-state index contributed by atoms with van der Waals surface area (Å²) < 4.78 is 39.8. The van der Waals surface area contributed by atoms with Gasteiger partial charge in [-0.25, -0.2) is 8.42 Å². The van der Waals surface area contributed by atoms with Gasteiger partial charge in [-0.3, -0.25) is 13.9 Å². The number of nitrogens with zero attached hydrogens (tertiary/aromatic N) is 2. The van der Waals surface area contributed by atoms with Crippen molar-refractivity contribution in [3.63, 3.8) is 0 Å². The van der Waals surface area contributed by atoms with Crippen molar-refractivity contribution in [2.75, 3.05) is 25.1 Å². The maximum absolute atomic E-state index is 14.1. The van der Waals surface area contributed by atoms with Crippen molar-refractivity contribution < 1.29 is 27.5 Å². The van der Waals surface area contributed by atoms with Gasteiger partial charge in [0.15, 0.2) is 0 Å². The molecule has 3 rings (SSSR count). The van der Waals surface area contributed by atoms with Gasteiger partial charge in [-0.05, 0) is 75.2 Å². The summed E-state index contributed by atoms with van der Waals surface area (Å²) >= 11 is 6.28. The molecule has 0 aromatic heterocycles. The van der Waals surface area contributed by atoms with Gasteiger partial charge in [-0.1, -0.05) is 48.4 Å². The van der Waals surface area contributed by atoms with Gasteiger partial charge in [0.1, 0.15) is 24.1 Å². The summed E-state index contributed by atoms with van der Waals surface area (Å²) in [7, 11) is -1.31. The zero-order valence-corrected chi connectivity index (χ0v) is 26.3. The summed E-state index contributed by atoms with van der Waals surface area (Å²) in [6, 6.07) is 17.0. The normalized spacial score (nSPS) is 12.6. The van der Waals surface area contributed by atoms with Crippen molar-refractivity contribution in [1.82, 2.24) is 10.2 Å². The Balaban J connectivity index is 2.09. The van der Waals surface area contributed by atoms with E-state index in [1.807, 2.05) is 20.8 Å².